The summed E-state index contributed by atoms with van der Waals surface area (Å²) >= 11 is 7.38. The first-order valence-corrected chi connectivity index (χ1v) is 13.5. The Morgan fingerprint density at radius 3 is 2.50 bits per heavy atom. The van der Waals surface area contributed by atoms with E-state index in [-0.39, 0.29) is 4.90 Å². The molecular weight excluding hydrogens is 464 g/mol. The summed E-state index contributed by atoms with van der Waals surface area (Å²) in [6.45, 7) is 3.76. The molecule has 4 rings (SSSR count). The van der Waals surface area contributed by atoms with E-state index in [1.54, 1.807) is 36.5 Å². The fourth-order valence-electron chi connectivity index (χ4n) is 4.00. The van der Waals surface area contributed by atoms with Crippen molar-refractivity contribution in [1.29, 1.82) is 0 Å². The van der Waals surface area contributed by atoms with E-state index in [0.29, 0.717) is 22.4 Å². The smallest absolute Gasteiger partial charge is 0.262 e. The lowest BCUT2D eigenvalue weighted by Gasteiger charge is -2.14. The summed E-state index contributed by atoms with van der Waals surface area (Å²) in [7, 11) is -3.78. The van der Waals surface area contributed by atoms with E-state index in [1.165, 1.54) is 44.7 Å². The largest absolute Gasteiger partial charge is 0.359 e. The van der Waals surface area contributed by atoms with Crippen molar-refractivity contribution in [2.75, 3.05) is 10.0 Å². The molecule has 1 fully saturated rings. The predicted octanol–water partition coefficient (Wildman–Crippen LogP) is 6.41. The van der Waals surface area contributed by atoms with Gasteiger partial charge in [0.2, 0.25) is 0 Å². The summed E-state index contributed by atoms with van der Waals surface area (Å²) < 4.78 is 28.7. The summed E-state index contributed by atoms with van der Waals surface area (Å²) in [5.41, 5.74) is 2.77. The lowest BCUT2D eigenvalue weighted by molar-refractivity contribution is 0.600. The van der Waals surface area contributed by atoms with E-state index in [4.69, 9.17) is 16.6 Å². The van der Waals surface area contributed by atoms with Gasteiger partial charge in [-0.3, -0.25) is 4.72 Å². The third-order valence-electron chi connectivity index (χ3n) is 5.70. The van der Waals surface area contributed by atoms with Crippen LogP contribution < -0.4 is 10.0 Å². The van der Waals surface area contributed by atoms with Crippen molar-refractivity contribution < 1.29 is 8.42 Å². The zero-order chi connectivity index (χ0) is 22.7. The van der Waals surface area contributed by atoms with Gasteiger partial charge in [-0.25, -0.2) is 18.4 Å². The highest BCUT2D eigenvalue weighted by molar-refractivity contribution is 7.92. The summed E-state index contributed by atoms with van der Waals surface area (Å²) in [6.07, 6.45) is 8.87. The minimum Gasteiger partial charge on any atom is -0.359 e. The first kappa shape index (κ1) is 23.0. The van der Waals surface area contributed by atoms with Crippen molar-refractivity contribution in [3.8, 4) is 10.4 Å². The van der Waals surface area contributed by atoms with Gasteiger partial charge in [-0.1, -0.05) is 60.8 Å². The molecule has 1 aromatic carbocycles. The molecule has 170 valence electrons. The molecule has 1 aliphatic carbocycles. The number of hydrogen-bond acceptors (Lipinski definition) is 6. The number of aromatic nitrogens is 2. The summed E-state index contributed by atoms with van der Waals surface area (Å²) in [5.74, 6) is 0. The first-order chi connectivity index (χ1) is 15.3. The number of aryl methyl sites for hydroxylation is 2. The second-order valence-electron chi connectivity index (χ2n) is 8.22. The van der Waals surface area contributed by atoms with Crippen molar-refractivity contribution in [3.63, 3.8) is 0 Å². The van der Waals surface area contributed by atoms with Crippen LogP contribution in [0.25, 0.3) is 10.4 Å². The third-order valence-corrected chi connectivity index (χ3v) is 8.58. The highest BCUT2D eigenvalue weighted by Crippen LogP contribution is 2.36. The lowest BCUT2D eigenvalue weighted by atomic mass is 10.1. The number of nitrogens with zero attached hydrogens (tertiary/aromatic N) is 2. The normalized spacial score (nSPS) is 15.3. The van der Waals surface area contributed by atoms with E-state index in [1.807, 2.05) is 19.1 Å². The van der Waals surface area contributed by atoms with Gasteiger partial charge in [-0.2, -0.15) is 0 Å². The standard InChI is InChI=1S/C23H27ClN4O2S2/c1-15-9-10-17(13-20(15)32(29,30)28-19-11-12-21(24)25-14-19)22-16(2)26-23(31-22)27-18-7-5-3-4-6-8-18/h9-14,18,28H,3-8H2,1-2H3,(H,26,27). The van der Waals surface area contributed by atoms with Gasteiger partial charge in [-0.05, 0) is 56.0 Å². The van der Waals surface area contributed by atoms with E-state index in [9.17, 15) is 8.42 Å². The van der Waals surface area contributed by atoms with Crippen LogP contribution in [0.5, 0.6) is 0 Å². The number of thiazole rings is 1. The zero-order valence-electron chi connectivity index (χ0n) is 18.2. The van der Waals surface area contributed by atoms with Gasteiger partial charge in [0.25, 0.3) is 10.0 Å². The molecule has 6 nitrogen and oxygen atoms in total. The van der Waals surface area contributed by atoms with Crippen LogP contribution in [0, 0.1) is 13.8 Å². The van der Waals surface area contributed by atoms with Gasteiger partial charge in [0, 0.05) is 6.04 Å². The second-order valence-corrected chi connectivity index (χ2v) is 11.3. The highest BCUT2D eigenvalue weighted by atomic mass is 35.5. The summed E-state index contributed by atoms with van der Waals surface area (Å²) in [6, 6.07) is 9.10. The number of nitrogens with one attached hydrogen (secondary N) is 2. The van der Waals surface area contributed by atoms with E-state index in [0.717, 1.165) is 21.3 Å². The Bertz CT molecular complexity index is 1190. The van der Waals surface area contributed by atoms with Crippen LogP contribution in [-0.2, 0) is 10.0 Å². The molecule has 0 atom stereocenters. The molecule has 0 aliphatic heterocycles. The summed E-state index contributed by atoms with van der Waals surface area (Å²) in [5, 5.41) is 4.81. The zero-order valence-corrected chi connectivity index (χ0v) is 20.6. The SMILES string of the molecule is Cc1ccc(-c2sc(NC3CCCCCC3)nc2C)cc1S(=O)(=O)Nc1ccc(Cl)nc1. The third kappa shape index (κ3) is 5.42. The van der Waals surface area contributed by atoms with Crippen molar-refractivity contribution in [1.82, 2.24) is 9.97 Å². The van der Waals surface area contributed by atoms with Crippen LogP contribution >= 0.6 is 22.9 Å². The molecule has 3 aromatic rings. The molecular formula is C23H27ClN4O2S2. The maximum atomic E-state index is 13.1. The Kier molecular flexibility index (Phi) is 7.02. The number of halogens is 1. The van der Waals surface area contributed by atoms with E-state index in [2.05, 4.69) is 15.0 Å². The van der Waals surface area contributed by atoms with E-state index >= 15 is 0 Å². The Morgan fingerprint density at radius 2 is 1.81 bits per heavy atom. The van der Waals surface area contributed by atoms with Crippen LogP contribution in [0.3, 0.4) is 0 Å². The number of pyridine rings is 1. The van der Waals surface area contributed by atoms with Crippen molar-refractivity contribution in [2.45, 2.75) is 63.3 Å². The first-order valence-electron chi connectivity index (χ1n) is 10.8. The topological polar surface area (TPSA) is 84.0 Å². The predicted molar refractivity (Wildman–Crippen MR) is 132 cm³/mol. The molecule has 0 amide bonds. The fourth-order valence-corrected chi connectivity index (χ4v) is 6.47. The number of benzene rings is 1. The average molecular weight is 491 g/mol. The molecule has 32 heavy (non-hydrogen) atoms. The molecule has 0 unspecified atom stereocenters. The lowest BCUT2D eigenvalue weighted by Crippen LogP contribution is -2.17. The maximum absolute atomic E-state index is 13.1. The number of rotatable bonds is 6. The van der Waals surface area contributed by atoms with Crippen LogP contribution in [0.4, 0.5) is 10.8 Å². The Hall–Kier alpha value is -2.16. The summed E-state index contributed by atoms with van der Waals surface area (Å²) in [4.78, 5) is 9.87. The average Bonchev–Trinajstić information content (AvgIpc) is 2.94. The maximum Gasteiger partial charge on any atom is 0.262 e. The highest BCUT2D eigenvalue weighted by Gasteiger charge is 2.21. The molecule has 0 saturated heterocycles. The molecule has 1 saturated carbocycles. The van der Waals surface area contributed by atoms with Crippen molar-refractivity contribution in [3.05, 3.63) is 52.9 Å². The van der Waals surface area contributed by atoms with Gasteiger partial charge in [-0.15, -0.1) is 0 Å². The second kappa shape index (κ2) is 9.77. The van der Waals surface area contributed by atoms with Crippen LogP contribution in [0.15, 0.2) is 41.4 Å². The van der Waals surface area contributed by atoms with Gasteiger partial charge in [0.05, 0.1) is 27.4 Å². The Balaban J connectivity index is 1.59. The van der Waals surface area contributed by atoms with Crippen LogP contribution in [-0.4, -0.2) is 24.4 Å². The van der Waals surface area contributed by atoms with Crippen molar-refractivity contribution >= 4 is 43.8 Å². The molecule has 0 spiro atoms. The number of sulfonamides is 1. The minimum atomic E-state index is -3.78. The number of anilines is 2. The molecule has 1 aliphatic rings. The Morgan fingerprint density at radius 1 is 1.06 bits per heavy atom. The van der Waals surface area contributed by atoms with Crippen molar-refractivity contribution in [2.24, 2.45) is 0 Å². The van der Waals surface area contributed by atoms with Gasteiger partial charge < -0.3 is 5.32 Å². The molecule has 9 heteroatoms. The monoisotopic (exact) mass is 490 g/mol. The van der Waals surface area contributed by atoms with Crippen LogP contribution in [0.2, 0.25) is 5.15 Å². The minimum absolute atomic E-state index is 0.232. The van der Waals surface area contributed by atoms with E-state index < -0.39 is 10.0 Å². The molecule has 2 N–H and O–H groups in total. The fraction of sp³-hybridized carbons (Fsp3) is 0.391. The quantitative estimate of drug-likeness (QED) is 0.308. The number of hydrogen-bond donors (Lipinski definition) is 2. The van der Waals surface area contributed by atoms with Gasteiger partial charge in [0.1, 0.15) is 5.15 Å². The molecule has 2 aromatic heterocycles. The molecule has 0 radical (unpaired) electrons. The van der Waals surface area contributed by atoms with Gasteiger partial charge >= 0.3 is 0 Å². The molecule has 0 bridgehead atoms. The van der Waals surface area contributed by atoms with Crippen LogP contribution in [0.1, 0.15) is 49.8 Å². The Labute approximate surface area is 198 Å². The molecule has 2 heterocycles. The van der Waals surface area contributed by atoms with Gasteiger partial charge in [0.15, 0.2) is 5.13 Å².